The Kier molecular flexibility index (Phi) is 4.58. The van der Waals surface area contributed by atoms with E-state index in [1.54, 1.807) is 7.11 Å². The highest BCUT2D eigenvalue weighted by atomic mass is 16.5. The zero-order chi connectivity index (χ0) is 13.1. The molecule has 0 heterocycles. The minimum absolute atomic E-state index is 0.224. The molecule has 96 valence electrons. The van der Waals surface area contributed by atoms with Crippen molar-refractivity contribution in [2.75, 3.05) is 13.7 Å². The molecule has 17 heavy (non-hydrogen) atoms. The molecular formula is C15H25NO. The van der Waals surface area contributed by atoms with Crippen molar-refractivity contribution in [3.8, 4) is 5.75 Å². The van der Waals surface area contributed by atoms with Crippen LogP contribution in [0.4, 0.5) is 0 Å². The second-order valence-electron chi connectivity index (χ2n) is 5.65. The van der Waals surface area contributed by atoms with Gasteiger partial charge in [-0.25, -0.2) is 0 Å². The Morgan fingerprint density at radius 3 is 2.41 bits per heavy atom. The zero-order valence-corrected chi connectivity index (χ0v) is 11.8. The Balaban J connectivity index is 3.04. The molecule has 0 fully saturated rings. The third kappa shape index (κ3) is 3.74. The van der Waals surface area contributed by atoms with Gasteiger partial charge in [-0.15, -0.1) is 0 Å². The zero-order valence-electron chi connectivity index (χ0n) is 11.8. The molecule has 0 aliphatic carbocycles. The van der Waals surface area contributed by atoms with Gasteiger partial charge in [0.15, 0.2) is 0 Å². The first-order chi connectivity index (χ1) is 7.89. The lowest BCUT2D eigenvalue weighted by Crippen LogP contribution is -2.20. The van der Waals surface area contributed by atoms with Crippen molar-refractivity contribution in [2.24, 2.45) is 11.1 Å². The molecule has 2 nitrogen and oxygen atoms in total. The van der Waals surface area contributed by atoms with Crippen LogP contribution in [0.5, 0.6) is 5.75 Å². The van der Waals surface area contributed by atoms with E-state index in [1.165, 1.54) is 16.7 Å². The van der Waals surface area contributed by atoms with Crippen molar-refractivity contribution in [2.45, 2.75) is 40.5 Å². The molecule has 0 unspecified atom stereocenters. The number of hydrogen-bond donors (Lipinski definition) is 1. The summed E-state index contributed by atoms with van der Waals surface area (Å²) in [4.78, 5) is 0. The predicted octanol–water partition coefficient (Wildman–Crippen LogP) is 3.23. The van der Waals surface area contributed by atoms with Gasteiger partial charge in [0, 0.05) is 0 Å². The van der Waals surface area contributed by atoms with E-state index in [4.69, 9.17) is 10.5 Å². The number of aryl methyl sites for hydroxylation is 2. The minimum atomic E-state index is 0.224. The average Bonchev–Trinajstić information content (AvgIpc) is 2.15. The van der Waals surface area contributed by atoms with Gasteiger partial charge in [-0.3, -0.25) is 0 Å². The van der Waals surface area contributed by atoms with Crippen LogP contribution in [0.15, 0.2) is 12.1 Å². The second-order valence-corrected chi connectivity index (χ2v) is 5.65. The van der Waals surface area contributed by atoms with Crippen LogP contribution >= 0.6 is 0 Å². The van der Waals surface area contributed by atoms with Gasteiger partial charge >= 0.3 is 0 Å². The molecule has 0 radical (unpaired) electrons. The molecule has 1 aromatic rings. The maximum absolute atomic E-state index is 5.67. The van der Waals surface area contributed by atoms with E-state index in [9.17, 15) is 0 Å². The Hall–Kier alpha value is -1.02. The molecule has 0 atom stereocenters. The number of rotatable bonds is 5. The first kappa shape index (κ1) is 14.0. The molecule has 2 N–H and O–H groups in total. The minimum Gasteiger partial charge on any atom is -0.496 e. The Bertz CT molecular complexity index is 383. The van der Waals surface area contributed by atoms with E-state index in [1.807, 2.05) is 0 Å². The molecule has 0 aliphatic rings. The fraction of sp³-hybridized carbons (Fsp3) is 0.600. The van der Waals surface area contributed by atoms with Crippen LogP contribution in [0, 0.1) is 19.3 Å². The third-order valence-corrected chi connectivity index (χ3v) is 3.19. The fourth-order valence-corrected chi connectivity index (χ4v) is 2.46. The highest BCUT2D eigenvalue weighted by molar-refractivity contribution is 5.44. The van der Waals surface area contributed by atoms with Crippen LogP contribution in [0.2, 0.25) is 0 Å². The average molecular weight is 235 g/mol. The number of ether oxygens (including phenoxy) is 1. The smallest absolute Gasteiger partial charge is 0.124 e. The summed E-state index contributed by atoms with van der Waals surface area (Å²) < 4.78 is 5.52. The van der Waals surface area contributed by atoms with Crippen molar-refractivity contribution in [1.82, 2.24) is 0 Å². The van der Waals surface area contributed by atoms with Crippen LogP contribution in [0.25, 0.3) is 0 Å². The van der Waals surface area contributed by atoms with Gasteiger partial charge in [-0.2, -0.15) is 0 Å². The summed E-state index contributed by atoms with van der Waals surface area (Å²) >= 11 is 0. The second kappa shape index (κ2) is 5.54. The van der Waals surface area contributed by atoms with Gasteiger partial charge in [-0.05, 0) is 49.8 Å². The summed E-state index contributed by atoms with van der Waals surface area (Å²) in [5.41, 5.74) is 9.69. The normalized spacial score (nSPS) is 11.6. The number of hydrogen-bond acceptors (Lipinski definition) is 2. The topological polar surface area (TPSA) is 35.2 Å². The fourth-order valence-electron chi connectivity index (χ4n) is 2.46. The van der Waals surface area contributed by atoms with Crippen molar-refractivity contribution in [3.05, 3.63) is 28.8 Å². The van der Waals surface area contributed by atoms with E-state index in [0.717, 1.165) is 25.1 Å². The lowest BCUT2D eigenvalue weighted by atomic mass is 9.82. The van der Waals surface area contributed by atoms with E-state index >= 15 is 0 Å². The van der Waals surface area contributed by atoms with Gasteiger partial charge in [0.2, 0.25) is 0 Å². The summed E-state index contributed by atoms with van der Waals surface area (Å²) in [6.07, 6.45) is 2.04. The highest BCUT2D eigenvalue weighted by Crippen LogP contribution is 2.32. The number of methoxy groups -OCH3 is 1. The molecule has 2 heteroatoms. The van der Waals surface area contributed by atoms with E-state index in [2.05, 4.69) is 39.8 Å². The summed E-state index contributed by atoms with van der Waals surface area (Å²) in [5.74, 6) is 1.03. The summed E-state index contributed by atoms with van der Waals surface area (Å²) in [7, 11) is 1.75. The largest absolute Gasteiger partial charge is 0.496 e. The van der Waals surface area contributed by atoms with Crippen LogP contribution in [-0.4, -0.2) is 13.7 Å². The van der Waals surface area contributed by atoms with Crippen LogP contribution in [-0.2, 0) is 6.42 Å². The van der Waals surface area contributed by atoms with Gasteiger partial charge in [0.05, 0.1) is 7.11 Å². The van der Waals surface area contributed by atoms with Crippen LogP contribution < -0.4 is 10.5 Å². The van der Waals surface area contributed by atoms with E-state index in [-0.39, 0.29) is 5.41 Å². The van der Waals surface area contributed by atoms with Gasteiger partial charge in [0.1, 0.15) is 5.75 Å². The van der Waals surface area contributed by atoms with Crippen molar-refractivity contribution in [1.29, 1.82) is 0 Å². The Morgan fingerprint density at radius 2 is 1.88 bits per heavy atom. The number of benzene rings is 1. The quantitative estimate of drug-likeness (QED) is 0.850. The molecule has 0 amide bonds. The third-order valence-electron chi connectivity index (χ3n) is 3.19. The van der Waals surface area contributed by atoms with Crippen LogP contribution in [0.3, 0.4) is 0 Å². The maximum atomic E-state index is 5.67. The van der Waals surface area contributed by atoms with Crippen molar-refractivity contribution >= 4 is 0 Å². The molecule has 1 rings (SSSR count). The molecule has 0 aliphatic heterocycles. The maximum Gasteiger partial charge on any atom is 0.124 e. The lowest BCUT2D eigenvalue weighted by molar-refractivity contribution is 0.328. The van der Waals surface area contributed by atoms with E-state index in [0.29, 0.717) is 0 Å². The van der Waals surface area contributed by atoms with Crippen LogP contribution in [0.1, 0.15) is 37.0 Å². The molecule has 0 spiro atoms. The Labute approximate surface area is 105 Å². The first-order valence-electron chi connectivity index (χ1n) is 6.24. The molecule has 0 bridgehead atoms. The summed E-state index contributed by atoms with van der Waals surface area (Å²) in [6, 6.07) is 4.39. The summed E-state index contributed by atoms with van der Waals surface area (Å²) in [6.45, 7) is 9.49. The van der Waals surface area contributed by atoms with Gasteiger partial charge in [0.25, 0.3) is 0 Å². The first-order valence-corrected chi connectivity index (χ1v) is 6.24. The standard InChI is InChI=1S/C15H25NO/c1-11-8-12(2)14(17-5)13(9-11)10-15(3,4)6-7-16/h8-9H,6-7,10,16H2,1-5H3. The monoisotopic (exact) mass is 235 g/mol. The molecular weight excluding hydrogens is 210 g/mol. The van der Waals surface area contributed by atoms with Crippen molar-refractivity contribution in [3.63, 3.8) is 0 Å². The molecule has 1 aromatic carbocycles. The number of nitrogens with two attached hydrogens (primary N) is 1. The highest BCUT2D eigenvalue weighted by Gasteiger charge is 2.20. The van der Waals surface area contributed by atoms with Gasteiger partial charge in [-0.1, -0.05) is 31.5 Å². The predicted molar refractivity (Wildman–Crippen MR) is 73.6 cm³/mol. The Morgan fingerprint density at radius 1 is 1.24 bits per heavy atom. The van der Waals surface area contributed by atoms with E-state index < -0.39 is 0 Å². The van der Waals surface area contributed by atoms with Crippen molar-refractivity contribution < 1.29 is 4.74 Å². The molecule has 0 saturated heterocycles. The summed E-state index contributed by atoms with van der Waals surface area (Å²) in [5, 5.41) is 0. The molecule has 0 aromatic heterocycles. The van der Waals surface area contributed by atoms with Gasteiger partial charge < -0.3 is 10.5 Å². The molecule has 0 saturated carbocycles. The SMILES string of the molecule is COc1c(C)cc(C)cc1CC(C)(C)CCN. The lowest BCUT2D eigenvalue weighted by Gasteiger charge is -2.25.